The highest BCUT2D eigenvalue weighted by molar-refractivity contribution is 6.36. The van der Waals surface area contributed by atoms with Crippen LogP contribution >= 0.6 is 0 Å². The number of alkyl halides is 3. The van der Waals surface area contributed by atoms with Crippen molar-refractivity contribution in [3.8, 4) is 11.1 Å². The van der Waals surface area contributed by atoms with Crippen LogP contribution < -0.4 is 10.6 Å². The molecule has 4 rings (SSSR count). The van der Waals surface area contributed by atoms with Crippen LogP contribution in [0.25, 0.3) is 28.5 Å². The minimum atomic E-state index is -4.66. The van der Waals surface area contributed by atoms with E-state index in [1.54, 1.807) is 13.0 Å². The van der Waals surface area contributed by atoms with Crippen LogP contribution in [0.2, 0.25) is 0 Å². The third-order valence-corrected chi connectivity index (χ3v) is 6.91. The van der Waals surface area contributed by atoms with Gasteiger partial charge < -0.3 is 20.5 Å². The Hall–Kier alpha value is -3.78. The summed E-state index contributed by atoms with van der Waals surface area (Å²) in [5, 5.41) is 5.87. The lowest BCUT2D eigenvalue weighted by molar-refractivity contribution is -0.137. The molecule has 0 fully saturated rings. The molecule has 0 spiro atoms. The molecule has 1 aromatic heterocycles. The predicted octanol–water partition coefficient (Wildman–Crippen LogP) is 6.71. The number of fused-ring (bicyclic) bond motifs is 1. The van der Waals surface area contributed by atoms with Gasteiger partial charge in [-0.3, -0.25) is 4.79 Å². The van der Waals surface area contributed by atoms with Crippen molar-refractivity contribution < 1.29 is 18.0 Å². The van der Waals surface area contributed by atoms with Gasteiger partial charge in [0, 0.05) is 41.3 Å². The van der Waals surface area contributed by atoms with Crippen LogP contribution in [0.15, 0.2) is 49.0 Å². The maximum absolute atomic E-state index is 14.5. The van der Waals surface area contributed by atoms with E-state index in [1.165, 1.54) is 6.08 Å². The van der Waals surface area contributed by atoms with Gasteiger partial charge in [0.15, 0.2) is 0 Å². The molecule has 0 aliphatic carbocycles. The van der Waals surface area contributed by atoms with E-state index < -0.39 is 17.6 Å². The first-order valence-electron chi connectivity index (χ1n) is 12.7. The first kappa shape index (κ1) is 27.3. The number of aromatic nitrogens is 1. The summed E-state index contributed by atoms with van der Waals surface area (Å²) < 4.78 is 43.4. The van der Waals surface area contributed by atoms with Crippen molar-refractivity contribution in [2.75, 3.05) is 31.5 Å². The number of amides is 1. The molecule has 0 unspecified atom stereocenters. The lowest BCUT2D eigenvalue weighted by Crippen LogP contribution is -2.31. The highest BCUT2D eigenvalue weighted by Crippen LogP contribution is 2.43. The number of carbonyl (C=O) groups excluding carboxylic acids is 1. The molecule has 200 valence electrons. The molecule has 0 saturated carbocycles. The number of H-pyrrole nitrogens is 1. The van der Waals surface area contributed by atoms with Crippen LogP contribution in [0.5, 0.6) is 0 Å². The standard InChI is InChI=1S/C30H33F3N4O/c1-6-37(7-2)15-14-34-19(4)26-20(5)35-25(28(26)30(31,32)33)17-23-27-22(21-11-8-10-18(3)16-21)12-9-13-24(27)36-29(23)38/h8-13,16-17,34-35H,4,6-7,14-15H2,1-3,5H3,(H,36,38)/b23-17-. The average molecular weight is 523 g/mol. The first-order chi connectivity index (χ1) is 18.0. The van der Waals surface area contributed by atoms with Gasteiger partial charge >= 0.3 is 6.18 Å². The molecule has 2 aromatic carbocycles. The summed E-state index contributed by atoms with van der Waals surface area (Å²) in [7, 11) is 0. The third kappa shape index (κ3) is 5.41. The molecule has 0 atom stereocenters. The SMILES string of the molecule is C=C(NCCN(CC)CC)c1c(C)[nH]c(/C=C2\C(=O)Nc3cccc(-c4cccc(C)c4)c32)c1C(F)(F)F. The minimum absolute atomic E-state index is 0.0190. The molecule has 3 N–H and O–H groups in total. The van der Waals surface area contributed by atoms with Crippen molar-refractivity contribution in [3.63, 3.8) is 0 Å². The zero-order valence-corrected chi connectivity index (χ0v) is 22.1. The summed E-state index contributed by atoms with van der Waals surface area (Å²) >= 11 is 0. The summed E-state index contributed by atoms with van der Waals surface area (Å²) in [6.07, 6.45) is -3.35. The Balaban J connectivity index is 1.78. The number of rotatable bonds is 9. The second-order valence-electron chi connectivity index (χ2n) is 9.45. The molecule has 38 heavy (non-hydrogen) atoms. The Morgan fingerprint density at radius 2 is 1.82 bits per heavy atom. The number of aromatic amines is 1. The maximum atomic E-state index is 14.5. The molecule has 0 radical (unpaired) electrons. The van der Waals surface area contributed by atoms with Gasteiger partial charge in [0.1, 0.15) is 0 Å². The van der Waals surface area contributed by atoms with E-state index in [0.717, 1.165) is 29.8 Å². The molecule has 1 amide bonds. The van der Waals surface area contributed by atoms with Crippen molar-refractivity contribution in [2.45, 2.75) is 33.9 Å². The maximum Gasteiger partial charge on any atom is 0.419 e. The molecule has 0 bridgehead atoms. The molecular weight excluding hydrogens is 489 g/mol. The lowest BCUT2D eigenvalue weighted by Gasteiger charge is -2.20. The van der Waals surface area contributed by atoms with E-state index >= 15 is 0 Å². The Labute approximate surface area is 221 Å². The largest absolute Gasteiger partial charge is 0.419 e. The monoisotopic (exact) mass is 522 g/mol. The number of anilines is 1. The fourth-order valence-corrected chi connectivity index (χ4v) is 5.01. The molecule has 1 aliphatic heterocycles. The molecule has 5 nitrogen and oxygen atoms in total. The predicted molar refractivity (Wildman–Crippen MR) is 148 cm³/mol. The van der Waals surface area contributed by atoms with Crippen LogP contribution in [0, 0.1) is 13.8 Å². The fourth-order valence-electron chi connectivity index (χ4n) is 5.01. The zero-order valence-electron chi connectivity index (χ0n) is 22.1. The molecule has 1 aliphatic rings. The number of carbonyl (C=O) groups is 1. The summed E-state index contributed by atoms with van der Waals surface area (Å²) in [6, 6.07) is 13.3. The molecule has 8 heteroatoms. The highest BCUT2D eigenvalue weighted by atomic mass is 19.4. The second-order valence-corrected chi connectivity index (χ2v) is 9.45. The normalized spacial score (nSPS) is 14.2. The molecular formula is C30H33F3N4O. The Bertz CT molecular complexity index is 1400. The van der Waals surface area contributed by atoms with Gasteiger partial charge in [-0.05, 0) is 50.2 Å². The second kappa shape index (κ2) is 10.9. The van der Waals surface area contributed by atoms with Gasteiger partial charge in [-0.2, -0.15) is 13.2 Å². The van der Waals surface area contributed by atoms with Crippen LogP contribution in [0.3, 0.4) is 0 Å². The number of likely N-dealkylation sites (N-methyl/N-ethyl adjacent to an activating group) is 1. The lowest BCUT2D eigenvalue weighted by atomic mass is 9.93. The highest BCUT2D eigenvalue weighted by Gasteiger charge is 2.39. The number of halogens is 3. The van der Waals surface area contributed by atoms with Crippen molar-refractivity contribution in [1.82, 2.24) is 15.2 Å². The molecule has 0 saturated heterocycles. The smallest absolute Gasteiger partial charge is 0.384 e. The number of hydrogen-bond donors (Lipinski definition) is 3. The summed E-state index contributed by atoms with van der Waals surface area (Å²) in [5.74, 6) is -0.446. The Kier molecular flexibility index (Phi) is 7.83. The molecule has 2 heterocycles. The van der Waals surface area contributed by atoms with Gasteiger partial charge in [-0.15, -0.1) is 0 Å². The van der Waals surface area contributed by atoms with Gasteiger partial charge in [-0.1, -0.05) is 62.4 Å². The fraction of sp³-hybridized carbons (Fsp3) is 0.300. The number of benzene rings is 2. The van der Waals surface area contributed by atoms with Crippen molar-refractivity contribution in [2.24, 2.45) is 0 Å². The van der Waals surface area contributed by atoms with E-state index in [0.29, 0.717) is 30.0 Å². The van der Waals surface area contributed by atoms with E-state index in [4.69, 9.17) is 0 Å². The first-order valence-corrected chi connectivity index (χ1v) is 12.7. The summed E-state index contributed by atoms with van der Waals surface area (Å²) in [4.78, 5) is 18.1. The van der Waals surface area contributed by atoms with E-state index in [1.807, 2.05) is 57.2 Å². The third-order valence-electron chi connectivity index (χ3n) is 6.91. The van der Waals surface area contributed by atoms with Gasteiger partial charge in [0.2, 0.25) is 0 Å². The van der Waals surface area contributed by atoms with Crippen molar-refractivity contribution >= 4 is 28.9 Å². The minimum Gasteiger partial charge on any atom is -0.384 e. The number of aryl methyl sites for hydroxylation is 2. The Morgan fingerprint density at radius 1 is 1.11 bits per heavy atom. The Morgan fingerprint density at radius 3 is 2.47 bits per heavy atom. The van der Waals surface area contributed by atoms with Crippen molar-refractivity contribution in [3.05, 3.63) is 82.7 Å². The topological polar surface area (TPSA) is 60.2 Å². The van der Waals surface area contributed by atoms with Crippen LogP contribution in [-0.4, -0.2) is 42.0 Å². The van der Waals surface area contributed by atoms with Gasteiger partial charge in [-0.25, -0.2) is 0 Å². The van der Waals surface area contributed by atoms with E-state index in [-0.39, 0.29) is 22.5 Å². The summed E-state index contributed by atoms with van der Waals surface area (Å²) in [5.41, 5.74) is 3.52. The van der Waals surface area contributed by atoms with E-state index in [9.17, 15) is 18.0 Å². The van der Waals surface area contributed by atoms with E-state index in [2.05, 4.69) is 27.1 Å². The van der Waals surface area contributed by atoms with Gasteiger partial charge in [0.05, 0.1) is 16.8 Å². The average Bonchev–Trinajstić information content (AvgIpc) is 3.37. The zero-order chi connectivity index (χ0) is 27.6. The number of nitrogens with one attached hydrogen (secondary N) is 3. The van der Waals surface area contributed by atoms with Crippen LogP contribution in [0.4, 0.5) is 18.9 Å². The number of hydrogen-bond acceptors (Lipinski definition) is 3. The molecule has 3 aromatic rings. The van der Waals surface area contributed by atoms with Crippen LogP contribution in [0.1, 0.15) is 47.5 Å². The quantitative estimate of drug-likeness (QED) is 0.274. The summed E-state index contributed by atoms with van der Waals surface area (Å²) in [6.45, 7) is 14.4. The van der Waals surface area contributed by atoms with Crippen LogP contribution in [-0.2, 0) is 11.0 Å². The van der Waals surface area contributed by atoms with Crippen molar-refractivity contribution in [1.29, 1.82) is 0 Å². The van der Waals surface area contributed by atoms with Gasteiger partial charge in [0.25, 0.3) is 5.91 Å². The number of nitrogens with zero attached hydrogens (tertiary/aromatic N) is 1.